The molecule has 2 aliphatic rings. The standard InChI is InChI=1S/C22H30F3N5O3S/c1-14-26-19(29-33-14)12-20(31)27-15-2-6-22(25,7-3-15)8-11-30-9-4-16-17(5-10-30)34-21(28-16)32-13-18(23)24/h15,18H,2-13H2,1H3,(H,27,31)/t15-,22+. The zero-order valence-electron chi connectivity index (χ0n) is 19.2. The van der Waals surface area contributed by atoms with E-state index in [0.717, 1.165) is 30.1 Å². The third kappa shape index (κ3) is 6.91. The largest absolute Gasteiger partial charge is 0.464 e. The summed E-state index contributed by atoms with van der Waals surface area (Å²) in [6.45, 7) is 3.24. The summed E-state index contributed by atoms with van der Waals surface area (Å²) in [7, 11) is 0. The lowest BCUT2D eigenvalue weighted by molar-refractivity contribution is -0.121. The average molecular weight is 502 g/mol. The number of ether oxygens (including phenoxy) is 1. The Balaban J connectivity index is 1.17. The molecule has 0 unspecified atom stereocenters. The normalized spacial score (nSPS) is 23.5. The Morgan fingerprint density at radius 3 is 2.76 bits per heavy atom. The van der Waals surface area contributed by atoms with Crippen LogP contribution in [0.5, 0.6) is 5.19 Å². The minimum absolute atomic E-state index is 0.0360. The number of carbonyl (C=O) groups excluding carboxylic acids is 1. The summed E-state index contributed by atoms with van der Waals surface area (Å²) in [6.07, 6.45) is 1.53. The molecule has 12 heteroatoms. The quantitative estimate of drug-likeness (QED) is 0.564. The first-order valence-electron chi connectivity index (χ1n) is 11.7. The Bertz CT molecular complexity index is 936. The second-order valence-corrected chi connectivity index (χ2v) is 10.1. The maximum atomic E-state index is 15.4. The third-order valence-electron chi connectivity index (χ3n) is 6.42. The van der Waals surface area contributed by atoms with Crippen molar-refractivity contribution < 1.29 is 27.2 Å². The van der Waals surface area contributed by atoms with Crippen molar-refractivity contribution in [2.75, 3.05) is 26.2 Å². The number of hydrogen-bond acceptors (Lipinski definition) is 8. The zero-order chi connectivity index (χ0) is 24.1. The fourth-order valence-corrected chi connectivity index (χ4v) is 5.48. The van der Waals surface area contributed by atoms with E-state index in [1.165, 1.54) is 11.3 Å². The van der Waals surface area contributed by atoms with Crippen LogP contribution >= 0.6 is 11.3 Å². The van der Waals surface area contributed by atoms with E-state index >= 15 is 4.39 Å². The highest BCUT2D eigenvalue weighted by Crippen LogP contribution is 2.35. The molecule has 34 heavy (non-hydrogen) atoms. The molecule has 3 heterocycles. The zero-order valence-corrected chi connectivity index (χ0v) is 20.0. The third-order valence-corrected chi connectivity index (χ3v) is 7.49. The second-order valence-electron chi connectivity index (χ2n) is 9.04. The Kier molecular flexibility index (Phi) is 8.07. The van der Waals surface area contributed by atoms with Crippen molar-refractivity contribution in [3.63, 3.8) is 0 Å². The molecule has 0 saturated heterocycles. The molecule has 4 rings (SSSR count). The van der Waals surface area contributed by atoms with Gasteiger partial charge in [0, 0.05) is 43.9 Å². The monoisotopic (exact) mass is 501 g/mol. The lowest BCUT2D eigenvalue weighted by Gasteiger charge is -2.35. The van der Waals surface area contributed by atoms with Gasteiger partial charge in [0.1, 0.15) is 5.67 Å². The van der Waals surface area contributed by atoms with Crippen LogP contribution in [0.3, 0.4) is 0 Å². The van der Waals surface area contributed by atoms with Crippen LogP contribution in [-0.2, 0) is 24.1 Å². The van der Waals surface area contributed by atoms with Crippen molar-refractivity contribution in [3.05, 3.63) is 22.3 Å². The molecule has 0 aromatic carbocycles. The van der Waals surface area contributed by atoms with Crippen molar-refractivity contribution in [3.8, 4) is 5.19 Å². The predicted molar refractivity (Wildman–Crippen MR) is 119 cm³/mol. The fraction of sp³-hybridized carbons (Fsp3) is 0.727. The van der Waals surface area contributed by atoms with Gasteiger partial charge in [0.15, 0.2) is 12.4 Å². The van der Waals surface area contributed by atoms with E-state index in [2.05, 4.69) is 25.3 Å². The molecule has 2 aromatic heterocycles. The number of fused-ring (bicyclic) bond motifs is 1. The van der Waals surface area contributed by atoms with E-state index in [9.17, 15) is 13.6 Å². The van der Waals surface area contributed by atoms with Crippen LogP contribution in [0.1, 0.15) is 54.4 Å². The smallest absolute Gasteiger partial charge is 0.273 e. The van der Waals surface area contributed by atoms with Crippen molar-refractivity contribution in [2.24, 2.45) is 0 Å². The lowest BCUT2D eigenvalue weighted by atomic mass is 9.81. The number of halogens is 3. The van der Waals surface area contributed by atoms with Crippen LogP contribution in [0.25, 0.3) is 0 Å². The molecular weight excluding hydrogens is 471 g/mol. The van der Waals surface area contributed by atoms with Gasteiger partial charge < -0.3 is 19.5 Å². The maximum Gasteiger partial charge on any atom is 0.273 e. The van der Waals surface area contributed by atoms with E-state index < -0.39 is 18.7 Å². The van der Waals surface area contributed by atoms with Gasteiger partial charge in [-0.2, -0.15) is 4.98 Å². The topological polar surface area (TPSA) is 93.4 Å². The summed E-state index contributed by atoms with van der Waals surface area (Å²) in [6, 6.07) is -0.0360. The Labute approximate surface area is 200 Å². The average Bonchev–Trinajstić information content (AvgIpc) is 3.33. The van der Waals surface area contributed by atoms with Crippen LogP contribution < -0.4 is 10.1 Å². The number of alkyl halides is 3. The molecule has 1 saturated carbocycles. The Morgan fingerprint density at radius 2 is 2.06 bits per heavy atom. The van der Waals surface area contributed by atoms with Gasteiger partial charge in [0.05, 0.1) is 12.1 Å². The number of amides is 1. The molecule has 1 aliphatic carbocycles. The predicted octanol–water partition coefficient (Wildman–Crippen LogP) is 3.28. The van der Waals surface area contributed by atoms with Crippen LogP contribution in [-0.4, -0.2) is 70.3 Å². The van der Waals surface area contributed by atoms with Gasteiger partial charge in [-0.25, -0.2) is 18.2 Å². The highest BCUT2D eigenvalue weighted by atomic mass is 32.1. The molecule has 2 aromatic rings. The molecule has 1 N–H and O–H groups in total. The molecule has 1 fully saturated rings. The summed E-state index contributed by atoms with van der Waals surface area (Å²) in [5.41, 5.74) is -0.323. The molecular formula is C22H30F3N5O3S. The summed E-state index contributed by atoms with van der Waals surface area (Å²) in [5, 5.41) is 6.99. The molecule has 1 amide bonds. The molecule has 0 radical (unpaired) electrons. The number of nitrogens with one attached hydrogen (secondary N) is 1. The van der Waals surface area contributed by atoms with Gasteiger partial charge >= 0.3 is 0 Å². The Morgan fingerprint density at radius 1 is 1.29 bits per heavy atom. The maximum absolute atomic E-state index is 15.4. The molecule has 1 aliphatic heterocycles. The molecule has 0 bridgehead atoms. The van der Waals surface area contributed by atoms with Gasteiger partial charge in [0.25, 0.3) is 11.6 Å². The minimum Gasteiger partial charge on any atom is -0.464 e. The fourth-order valence-electron chi connectivity index (χ4n) is 4.53. The van der Waals surface area contributed by atoms with Crippen LogP contribution in [0.15, 0.2) is 4.52 Å². The molecule has 8 nitrogen and oxygen atoms in total. The van der Waals surface area contributed by atoms with Crippen molar-refractivity contribution in [1.29, 1.82) is 0 Å². The van der Waals surface area contributed by atoms with Crippen molar-refractivity contribution in [2.45, 2.75) is 76.4 Å². The van der Waals surface area contributed by atoms with E-state index in [-0.39, 0.29) is 18.4 Å². The number of aromatic nitrogens is 3. The van der Waals surface area contributed by atoms with Crippen molar-refractivity contribution in [1.82, 2.24) is 25.3 Å². The summed E-state index contributed by atoms with van der Waals surface area (Å²) in [5.74, 6) is 0.595. The van der Waals surface area contributed by atoms with Crippen LogP contribution in [0.2, 0.25) is 0 Å². The first-order chi connectivity index (χ1) is 16.3. The van der Waals surface area contributed by atoms with Crippen LogP contribution in [0.4, 0.5) is 13.2 Å². The van der Waals surface area contributed by atoms with Gasteiger partial charge in [-0.05, 0) is 38.5 Å². The molecule has 188 valence electrons. The number of aryl methyl sites for hydroxylation is 1. The lowest BCUT2D eigenvalue weighted by Crippen LogP contribution is -2.43. The van der Waals surface area contributed by atoms with E-state index in [0.29, 0.717) is 62.0 Å². The van der Waals surface area contributed by atoms with Gasteiger partial charge in [-0.1, -0.05) is 16.5 Å². The van der Waals surface area contributed by atoms with E-state index in [1.807, 2.05) is 0 Å². The number of thiazole rings is 1. The highest BCUT2D eigenvalue weighted by Gasteiger charge is 2.36. The number of hydrogen-bond donors (Lipinski definition) is 1. The van der Waals surface area contributed by atoms with E-state index in [4.69, 9.17) is 9.26 Å². The van der Waals surface area contributed by atoms with Crippen LogP contribution in [0, 0.1) is 6.92 Å². The summed E-state index contributed by atoms with van der Waals surface area (Å²) in [4.78, 5) is 23.9. The number of rotatable bonds is 9. The van der Waals surface area contributed by atoms with Gasteiger partial charge in [-0.15, -0.1) is 0 Å². The van der Waals surface area contributed by atoms with E-state index in [1.54, 1.807) is 6.92 Å². The first kappa shape index (κ1) is 24.9. The Hall–Kier alpha value is -2.21. The molecule has 0 spiro atoms. The second kappa shape index (κ2) is 11.0. The first-order valence-corrected chi connectivity index (χ1v) is 12.5. The number of nitrogens with zero attached hydrogens (tertiary/aromatic N) is 4. The SMILES string of the molecule is Cc1nc(CC(=O)N[C@H]2CC[C@](F)(CCN3CCc4nc(OCC(F)F)sc4CC3)CC2)no1. The summed E-state index contributed by atoms with van der Waals surface area (Å²) < 4.78 is 50.0. The molecule has 0 atom stereocenters. The number of carbonyl (C=O) groups is 1. The van der Waals surface area contributed by atoms with Gasteiger partial charge in [0.2, 0.25) is 11.8 Å². The summed E-state index contributed by atoms with van der Waals surface area (Å²) >= 11 is 1.33. The highest BCUT2D eigenvalue weighted by molar-refractivity contribution is 7.13. The van der Waals surface area contributed by atoms with Gasteiger partial charge in [-0.3, -0.25) is 4.79 Å². The minimum atomic E-state index is -2.51. The van der Waals surface area contributed by atoms with Crippen molar-refractivity contribution >= 4 is 17.2 Å².